The highest BCUT2D eigenvalue weighted by atomic mass is 16.6. The Morgan fingerprint density at radius 1 is 1.28 bits per heavy atom. The van der Waals surface area contributed by atoms with Crippen LogP contribution in [0, 0.1) is 16.0 Å². The maximum atomic E-state index is 12.1. The number of carbonyl (C=O) groups is 2. The zero-order chi connectivity index (χ0) is 21.6. The summed E-state index contributed by atoms with van der Waals surface area (Å²) in [6.45, 7) is 7.39. The Morgan fingerprint density at radius 2 is 1.93 bits per heavy atom. The molecule has 9 heteroatoms. The first-order valence-electron chi connectivity index (χ1n) is 9.64. The lowest BCUT2D eigenvalue weighted by Crippen LogP contribution is -2.35. The van der Waals surface area contributed by atoms with Crippen LogP contribution in [-0.2, 0) is 16.1 Å². The summed E-state index contributed by atoms with van der Waals surface area (Å²) in [7, 11) is 1.67. The molecule has 2 amide bonds. The van der Waals surface area contributed by atoms with Crippen LogP contribution in [0.15, 0.2) is 24.3 Å². The molecule has 160 valence electrons. The molecule has 0 spiro atoms. The Hall–Kier alpha value is -2.84. The zero-order valence-corrected chi connectivity index (χ0v) is 17.4. The van der Waals surface area contributed by atoms with E-state index in [0.29, 0.717) is 31.1 Å². The molecule has 1 fully saturated rings. The number of benzene rings is 1. The minimum atomic E-state index is -0.511. The number of nitrogens with zero attached hydrogens (tertiary/aromatic N) is 3. The predicted octanol–water partition coefficient (Wildman–Crippen LogP) is 3.81. The van der Waals surface area contributed by atoms with E-state index in [4.69, 9.17) is 9.47 Å². The fourth-order valence-electron chi connectivity index (χ4n) is 3.00. The summed E-state index contributed by atoms with van der Waals surface area (Å²) in [5.74, 6) is 0.312. The van der Waals surface area contributed by atoms with Gasteiger partial charge < -0.3 is 19.3 Å². The molecule has 0 saturated carbocycles. The van der Waals surface area contributed by atoms with Gasteiger partial charge in [-0.3, -0.25) is 10.1 Å². The lowest BCUT2D eigenvalue weighted by atomic mass is 10.1. The number of hydrogen-bond donors (Lipinski definition) is 0. The predicted molar refractivity (Wildman–Crippen MR) is 106 cm³/mol. The van der Waals surface area contributed by atoms with Gasteiger partial charge in [0.1, 0.15) is 12.2 Å². The zero-order valence-electron chi connectivity index (χ0n) is 17.4. The number of amides is 2. The Labute approximate surface area is 170 Å². The highest BCUT2D eigenvalue weighted by Gasteiger charge is 2.30. The molecular formula is C20H29N3O6. The van der Waals surface area contributed by atoms with E-state index in [0.717, 1.165) is 12.8 Å². The normalized spacial score (nSPS) is 16.4. The second-order valence-corrected chi connectivity index (χ2v) is 8.27. The third-order valence-corrected chi connectivity index (χ3v) is 4.63. The molecule has 0 bridgehead atoms. The van der Waals surface area contributed by atoms with Gasteiger partial charge in [-0.05, 0) is 57.2 Å². The summed E-state index contributed by atoms with van der Waals surface area (Å²) >= 11 is 0. The maximum absolute atomic E-state index is 12.1. The van der Waals surface area contributed by atoms with E-state index in [-0.39, 0.29) is 18.4 Å². The first kappa shape index (κ1) is 22.4. The van der Waals surface area contributed by atoms with Gasteiger partial charge in [0.2, 0.25) is 0 Å². The number of hydrogen-bond acceptors (Lipinski definition) is 6. The Kier molecular flexibility index (Phi) is 7.41. The summed E-state index contributed by atoms with van der Waals surface area (Å²) in [4.78, 5) is 37.6. The molecule has 1 aromatic rings. The fraction of sp³-hybridized carbons (Fsp3) is 0.600. The first-order chi connectivity index (χ1) is 13.5. The van der Waals surface area contributed by atoms with Crippen molar-refractivity contribution in [2.24, 2.45) is 5.92 Å². The molecule has 9 nitrogen and oxygen atoms in total. The molecule has 0 radical (unpaired) electrons. The molecule has 29 heavy (non-hydrogen) atoms. The van der Waals surface area contributed by atoms with Crippen LogP contribution in [0.2, 0.25) is 0 Å². The van der Waals surface area contributed by atoms with Crippen molar-refractivity contribution in [3.63, 3.8) is 0 Å². The van der Waals surface area contributed by atoms with Crippen molar-refractivity contribution in [1.29, 1.82) is 0 Å². The SMILES string of the molecule is CN(CC[C@H]1CCN(C(=O)OC(C)(C)C)C1)C(=O)OCc1ccc([N+](=O)[O-])cc1. The van der Waals surface area contributed by atoms with E-state index in [1.165, 1.54) is 17.0 Å². The van der Waals surface area contributed by atoms with Crippen LogP contribution in [0.25, 0.3) is 0 Å². The van der Waals surface area contributed by atoms with Crippen molar-refractivity contribution in [3.05, 3.63) is 39.9 Å². The molecule has 0 unspecified atom stereocenters. The van der Waals surface area contributed by atoms with Gasteiger partial charge in [-0.15, -0.1) is 0 Å². The number of non-ortho nitro benzene ring substituents is 1. The van der Waals surface area contributed by atoms with Crippen LogP contribution in [0.3, 0.4) is 0 Å². The van der Waals surface area contributed by atoms with Crippen LogP contribution in [-0.4, -0.2) is 59.2 Å². The fourth-order valence-corrected chi connectivity index (χ4v) is 3.00. The van der Waals surface area contributed by atoms with Crippen molar-refractivity contribution in [2.45, 2.75) is 45.8 Å². The van der Waals surface area contributed by atoms with Gasteiger partial charge in [-0.1, -0.05) is 0 Å². The Morgan fingerprint density at radius 3 is 2.52 bits per heavy atom. The number of likely N-dealkylation sites (tertiary alicyclic amines) is 1. The summed E-state index contributed by atoms with van der Waals surface area (Å²) in [6.07, 6.45) is 0.897. The largest absolute Gasteiger partial charge is 0.445 e. The van der Waals surface area contributed by atoms with Crippen LogP contribution in [0.5, 0.6) is 0 Å². The summed E-state index contributed by atoms with van der Waals surface area (Å²) in [6, 6.07) is 5.89. The van der Waals surface area contributed by atoms with Crippen LogP contribution < -0.4 is 0 Å². The molecule has 1 atom stereocenters. The molecule has 0 N–H and O–H groups in total. The summed E-state index contributed by atoms with van der Waals surface area (Å²) in [5.41, 5.74) is 0.165. The Balaban J connectivity index is 1.70. The molecule has 2 rings (SSSR count). The maximum Gasteiger partial charge on any atom is 0.410 e. The smallest absolute Gasteiger partial charge is 0.410 e. The second kappa shape index (κ2) is 9.58. The quantitative estimate of drug-likeness (QED) is 0.525. The molecule has 1 saturated heterocycles. The van der Waals surface area contributed by atoms with Gasteiger partial charge in [0.15, 0.2) is 0 Å². The molecule has 0 aromatic heterocycles. The molecule has 1 aliphatic rings. The van der Waals surface area contributed by atoms with E-state index in [1.54, 1.807) is 24.1 Å². The van der Waals surface area contributed by atoms with Crippen molar-refractivity contribution in [3.8, 4) is 0 Å². The lowest BCUT2D eigenvalue weighted by Gasteiger charge is -2.24. The van der Waals surface area contributed by atoms with Gasteiger partial charge in [0.25, 0.3) is 5.69 Å². The van der Waals surface area contributed by atoms with Crippen molar-refractivity contribution in [2.75, 3.05) is 26.7 Å². The number of carbonyl (C=O) groups excluding carboxylic acids is 2. The summed E-state index contributed by atoms with van der Waals surface area (Å²) < 4.78 is 10.6. The Bertz CT molecular complexity index is 729. The van der Waals surface area contributed by atoms with E-state index < -0.39 is 16.6 Å². The average molecular weight is 407 g/mol. The van der Waals surface area contributed by atoms with Crippen LogP contribution in [0.4, 0.5) is 15.3 Å². The standard InChI is InChI=1S/C20H29N3O6/c1-20(2,3)29-19(25)22-12-10-15(13-22)9-11-21(4)18(24)28-14-16-5-7-17(8-6-16)23(26)27/h5-8,15H,9-14H2,1-4H3/t15-/m0/s1. The molecule has 1 aliphatic heterocycles. The van der Waals surface area contributed by atoms with Crippen LogP contribution in [0.1, 0.15) is 39.2 Å². The number of rotatable bonds is 6. The van der Waals surface area contributed by atoms with E-state index >= 15 is 0 Å². The topological polar surface area (TPSA) is 102 Å². The third kappa shape index (κ3) is 7.24. The van der Waals surface area contributed by atoms with Gasteiger partial charge in [-0.25, -0.2) is 9.59 Å². The molecule has 0 aliphatic carbocycles. The van der Waals surface area contributed by atoms with E-state index in [2.05, 4.69) is 0 Å². The van der Waals surface area contributed by atoms with Gasteiger partial charge >= 0.3 is 12.2 Å². The van der Waals surface area contributed by atoms with Gasteiger partial charge in [0.05, 0.1) is 4.92 Å². The second-order valence-electron chi connectivity index (χ2n) is 8.27. The number of nitro benzene ring substituents is 1. The lowest BCUT2D eigenvalue weighted by molar-refractivity contribution is -0.384. The number of nitro groups is 1. The van der Waals surface area contributed by atoms with Gasteiger partial charge in [0, 0.05) is 38.8 Å². The van der Waals surface area contributed by atoms with Crippen molar-refractivity contribution < 1.29 is 24.0 Å². The van der Waals surface area contributed by atoms with E-state index in [1.807, 2.05) is 20.8 Å². The third-order valence-electron chi connectivity index (χ3n) is 4.63. The minimum absolute atomic E-state index is 0.00539. The molecule has 1 aromatic carbocycles. The molecular weight excluding hydrogens is 378 g/mol. The van der Waals surface area contributed by atoms with Gasteiger partial charge in [-0.2, -0.15) is 0 Å². The monoisotopic (exact) mass is 407 g/mol. The van der Waals surface area contributed by atoms with Crippen molar-refractivity contribution in [1.82, 2.24) is 9.80 Å². The summed E-state index contributed by atoms with van der Waals surface area (Å²) in [5, 5.41) is 10.7. The highest BCUT2D eigenvalue weighted by molar-refractivity contribution is 5.68. The van der Waals surface area contributed by atoms with Crippen LogP contribution >= 0.6 is 0 Å². The molecule has 1 heterocycles. The van der Waals surface area contributed by atoms with E-state index in [9.17, 15) is 19.7 Å². The number of ether oxygens (including phenoxy) is 2. The minimum Gasteiger partial charge on any atom is -0.445 e. The average Bonchev–Trinajstić information content (AvgIpc) is 3.12. The van der Waals surface area contributed by atoms with Crippen molar-refractivity contribution >= 4 is 17.9 Å². The first-order valence-corrected chi connectivity index (χ1v) is 9.64. The highest BCUT2D eigenvalue weighted by Crippen LogP contribution is 2.22.